The van der Waals surface area contributed by atoms with E-state index in [4.69, 9.17) is 21.6 Å². The Morgan fingerprint density at radius 1 is 1.19 bits per heavy atom. The van der Waals surface area contributed by atoms with Crippen LogP contribution in [0, 0.1) is 17.0 Å². The SMILES string of the molecule is CCOC(Cc1ccc(C(=N)N)cc1)(C(N)=O)c1c(F)cc(O)cc1F.Cl. The number of rotatable bonds is 7. The quantitative estimate of drug-likeness (QED) is 0.421. The van der Waals surface area contributed by atoms with Gasteiger partial charge in [0.25, 0.3) is 5.91 Å². The molecule has 1 amide bonds. The van der Waals surface area contributed by atoms with E-state index in [1.807, 2.05) is 0 Å². The van der Waals surface area contributed by atoms with Crippen LogP contribution in [0.5, 0.6) is 5.75 Å². The van der Waals surface area contributed by atoms with Crippen LogP contribution in [0.25, 0.3) is 0 Å². The molecule has 0 fully saturated rings. The first-order valence-corrected chi connectivity index (χ1v) is 7.77. The molecule has 0 aromatic heterocycles. The summed E-state index contributed by atoms with van der Waals surface area (Å²) in [5.74, 6) is -4.12. The summed E-state index contributed by atoms with van der Waals surface area (Å²) < 4.78 is 34.3. The van der Waals surface area contributed by atoms with Crippen LogP contribution in [-0.4, -0.2) is 23.5 Å². The number of nitrogens with one attached hydrogen (secondary N) is 1. The minimum atomic E-state index is -2.10. The van der Waals surface area contributed by atoms with Crippen LogP contribution in [0.4, 0.5) is 8.78 Å². The maximum atomic E-state index is 14.4. The molecule has 0 saturated carbocycles. The lowest BCUT2D eigenvalue weighted by Gasteiger charge is -2.31. The fourth-order valence-electron chi connectivity index (χ4n) is 2.77. The summed E-state index contributed by atoms with van der Waals surface area (Å²) >= 11 is 0. The second kappa shape index (κ2) is 8.79. The second-order valence-corrected chi connectivity index (χ2v) is 5.70. The van der Waals surface area contributed by atoms with Crippen molar-refractivity contribution >= 4 is 24.1 Å². The Bertz CT molecular complexity index is 823. The van der Waals surface area contributed by atoms with Crippen molar-refractivity contribution in [3.8, 4) is 5.75 Å². The number of carbonyl (C=O) groups excluding carboxylic acids is 1. The number of hydrogen-bond donors (Lipinski definition) is 4. The molecular weight excluding hydrogens is 380 g/mol. The fourth-order valence-corrected chi connectivity index (χ4v) is 2.77. The number of benzene rings is 2. The first-order chi connectivity index (χ1) is 12.2. The van der Waals surface area contributed by atoms with Crippen molar-refractivity contribution < 1.29 is 23.4 Å². The van der Waals surface area contributed by atoms with Gasteiger partial charge < -0.3 is 21.3 Å². The predicted octanol–water partition coefficient (Wildman–Crippen LogP) is 2.34. The average molecular weight is 400 g/mol. The van der Waals surface area contributed by atoms with Crippen LogP contribution < -0.4 is 11.5 Å². The molecule has 9 heteroatoms. The third-order valence-electron chi connectivity index (χ3n) is 3.94. The number of carbonyl (C=O) groups is 1. The molecule has 27 heavy (non-hydrogen) atoms. The largest absolute Gasteiger partial charge is 0.508 e. The highest BCUT2D eigenvalue weighted by Crippen LogP contribution is 2.35. The molecule has 0 radical (unpaired) electrons. The number of nitrogens with two attached hydrogens (primary N) is 2. The smallest absolute Gasteiger partial charge is 0.254 e. The topological polar surface area (TPSA) is 122 Å². The van der Waals surface area contributed by atoms with Crippen LogP contribution in [-0.2, 0) is 21.6 Å². The van der Waals surface area contributed by atoms with Gasteiger partial charge in [0.15, 0.2) is 5.60 Å². The summed E-state index contributed by atoms with van der Waals surface area (Å²) in [6.07, 6.45) is -0.243. The van der Waals surface area contributed by atoms with E-state index in [2.05, 4.69) is 0 Å². The number of amidine groups is 1. The monoisotopic (exact) mass is 399 g/mol. The van der Waals surface area contributed by atoms with Crippen molar-refractivity contribution in [3.05, 3.63) is 64.7 Å². The number of phenolic OH excluding ortho intramolecular Hbond substituents is 1. The Labute approximate surface area is 161 Å². The lowest BCUT2D eigenvalue weighted by molar-refractivity contribution is -0.145. The maximum absolute atomic E-state index is 14.4. The predicted molar refractivity (Wildman–Crippen MR) is 98.9 cm³/mol. The van der Waals surface area contributed by atoms with Gasteiger partial charge in [-0.3, -0.25) is 10.2 Å². The third-order valence-corrected chi connectivity index (χ3v) is 3.94. The highest BCUT2D eigenvalue weighted by molar-refractivity contribution is 5.95. The first kappa shape index (κ1) is 22.3. The number of nitrogen functional groups attached to an aromatic ring is 1. The Hall–Kier alpha value is -2.71. The lowest BCUT2D eigenvalue weighted by Crippen LogP contribution is -2.47. The fraction of sp³-hybridized carbons (Fsp3) is 0.222. The van der Waals surface area contributed by atoms with Crippen molar-refractivity contribution in [1.82, 2.24) is 0 Å². The molecule has 1 atom stereocenters. The van der Waals surface area contributed by atoms with Gasteiger partial charge in [0.05, 0.1) is 5.56 Å². The van der Waals surface area contributed by atoms with E-state index in [1.165, 1.54) is 0 Å². The van der Waals surface area contributed by atoms with Crippen molar-refractivity contribution in [1.29, 1.82) is 5.41 Å². The van der Waals surface area contributed by atoms with Gasteiger partial charge in [-0.25, -0.2) is 8.78 Å². The molecule has 0 aliphatic heterocycles. The Kier molecular flexibility index (Phi) is 7.27. The van der Waals surface area contributed by atoms with Crippen LogP contribution in [0.2, 0.25) is 0 Å². The summed E-state index contributed by atoms with van der Waals surface area (Å²) in [5, 5.41) is 16.7. The van der Waals surface area contributed by atoms with Crippen LogP contribution in [0.3, 0.4) is 0 Å². The highest BCUT2D eigenvalue weighted by atomic mass is 35.5. The highest BCUT2D eigenvalue weighted by Gasteiger charge is 2.44. The number of halogens is 3. The molecule has 2 aromatic carbocycles. The number of hydrogen-bond acceptors (Lipinski definition) is 4. The minimum absolute atomic E-state index is 0. The summed E-state index contributed by atoms with van der Waals surface area (Å²) in [5.41, 5.74) is 9.05. The first-order valence-electron chi connectivity index (χ1n) is 7.77. The van der Waals surface area contributed by atoms with Crippen LogP contribution >= 0.6 is 12.4 Å². The van der Waals surface area contributed by atoms with E-state index in [0.717, 1.165) is 0 Å². The molecule has 2 aromatic rings. The molecule has 1 unspecified atom stereocenters. The lowest BCUT2D eigenvalue weighted by atomic mass is 9.85. The molecule has 0 bridgehead atoms. The molecule has 6 N–H and O–H groups in total. The summed E-state index contributed by atoms with van der Waals surface area (Å²) in [4.78, 5) is 12.2. The molecule has 2 rings (SSSR count). The number of aromatic hydroxyl groups is 1. The van der Waals surface area contributed by atoms with Crippen molar-refractivity contribution in [2.24, 2.45) is 11.5 Å². The van der Waals surface area contributed by atoms with Gasteiger partial charge in [-0.1, -0.05) is 24.3 Å². The van der Waals surface area contributed by atoms with E-state index < -0.39 is 34.5 Å². The van der Waals surface area contributed by atoms with Gasteiger partial charge in [-0.2, -0.15) is 0 Å². The van der Waals surface area contributed by atoms with Gasteiger partial charge in [0, 0.05) is 30.7 Å². The summed E-state index contributed by atoms with van der Waals surface area (Å²) in [6, 6.07) is 7.58. The Morgan fingerprint density at radius 2 is 1.70 bits per heavy atom. The molecule has 0 heterocycles. The molecular formula is C18H20ClF2N3O3. The van der Waals surface area contributed by atoms with E-state index >= 15 is 0 Å². The zero-order valence-electron chi connectivity index (χ0n) is 14.5. The number of phenols is 1. The minimum Gasteiger partial charge on any atom is -0.508 e. The number of ether oxygens (including phenoxy) is 1. The van der Waals surface area contributed by atoms with E-state index in [9.17, 15) is 18.7 Å². The van der Waals surface area contributed by atoms with Crippen LogP contribution in [0.1, 0.15) is 23.6 Å². The van der Waals surface area contributed by atoms with Gasteiger partial charge in [0.2, 0.25) is 0 Å². The van der Waals surface area contributed by atoms with Gasteiger partial charge in [-0.05, 0) is 12.5 Å². The van der Waals surface area contributed by atoms with Crippen molar-refractivity contribution in [3.63, 3.8) is 0 Å². The Balaban J connectivity index is 0.00000364. The molecule has 0 aliphatic carbocycles. The van der Waals surface area contributed by atoms with Gasteiger partial charge in [-0.15, -0.1) is 12.4 Å². The normalized spacial score (nSPS) is 12.7. The van der Waals surface area contributed by atoms with Crippen molar-refractivity contribution in [2.45, 2.75) is 18.9 Å². The maximum Gasteiger partial charge on any atom is 0.254 e. The molecule has 0 spiro atoms. The zero-order chi connectivity index (χ0) is 19.5. The molecule has 0 aliphatic rings. The van der Waals surface area contributed by atoms with Crippen molar-refractivity contribution in [2.75, 3.05) is 6.61 Å². The number of primary amides is 1. The van der Waals surface area contributed by atoms with Crippen LogP contribution in [0.15, 0.2) is 36.4 Å². The molecule has 0 saturated heterocycles. The summed E-state index contributed by atoms with van der Waals surface area (Å²) in [7, 11) is 0. The zero-order valence-corrected chi connectivity index (χ0v) is 15.3. The average Bonchev–Trinajstić information content (AvgIpc) is 2.54. The van der Waals surface area contributed by atoms with E-state index in [1.54, 1.807) is 31.2 Å². The Morgan fingerprint density at radius 3 is 2.11 bits per heavy atom. The van der Waals surface area contributed by atoms with E-state index in [0.29, 0.717) is 23.3 Å². The van der Waals surface area contributed by atoms with Gasteiger partial charge in [0.1, 0.15) is 23.2 Å². The third kappa shape index (κ3) is 4.53. The second-order valence-electron chi connectivity index (χ2n) is 5.70. The summed E-state index contributed by atoms with van der Waals surface area (Å²) in [6.45, 7) is 1.53. The van der Waals surface area contributed by atoms with E-state index in [-0.39, 0.29) is 31.3 Å². The molecule has 146 valence electrons. The molecule has 6 nitrogen and oxygen atoms in total. The standard InChI is InChI=1S/C18H19F2N3O3.ClH/c1-2-26-18(17(23)25,15-13(19)7-12(24)8-14(15)20)9-10-3-5-11(6-4-10)16(21)22;/h3-8,24H,2,9H2,1H3,(H3,21,22)(H2,23,25);1H. The number of amides is 1. The van der Waals surface area contributed by atoms with Gasteiger partial charge >= 0.3 is 0 Å².